The van der Waals surface area contributed by atoms with Gasteiger partial charge < -0.3 is 15.1 Å². The number of carbonyl (C=O) groups excluding carboxylic acids is 1. The van der Waals surface area contributed by atoms with Crippen LogP contribution in [0.3, 0.4) is 0 Å². The summed E-state index contributed by atoms with van der Waals surface area (Å²) in [5.74, 6) is -0.221. The predicted molar refractivity (Wildman–Crippen MR) is 136 cm³/mol. The summed E-state index contributed by atoms with van der Waals surface area (Å²) >= 11 is 0. The van der Waals surface area contributed by atoms with E-state index in [4.69, 9.17) is 5.26 Å². The minimum Gasteiger partial charge on any atom is -0.348 e. The van der Waals surface area contributed by atoms with E-state index in [0.29, 0.717) is 31.0 Å². The van der Waals surface area contributed by atoms with E-state index in [1.54, 1.807) is 29.2 Å². The van der Waals surface area contributed by atoms with Gasteiger partial charge in [-0.1, -0.05) is 12.1 Å². The highest BCUT2D eigenvalue weighted by atomic mass is 19.4. The van der Waals surface area contributed by atoms with Crippen LogP contribution < -0.4 is 10.2 Å². The maximum atomic E-state index is 14.1. The van der Waals surface area contributed by atoms with Gasteiger partial charge in [-0.25, -0.2) is 19.3 Å². The van der Waals surface area contributed by atoms with E-state index in [2.05, 4.69) is 25.4 Å². The van der Waals surface area contributed by atoms with E-state index in [1.165, 1.54) is 16.6 Å². The number of hydrogen-bond donors (Lipinski definition) is 1. The number of nitriles is 1. The Labute approximate surface area is 225 Å². The highest BCUT2D eigenvalue weighted by Crippen LogP contribution is 2.35. The third-order valence-electron chi connectivity index (χ3n) is 6.59. The van der Waals surface area contributed by atoms with Crippen molar-refractivity contribution in [3.8, 4) is 17.3 Å². The van der Waals surface area contributed by atoms with Gasteiger partial charge in [0.1, 0.15) is 24.5 Å². The zero-order valence-corrected chi connectivity index (χ0v) is 21.2. The molecule has 1 atom stereocenters. The predicted octanol–water partition coefficient (Wildman–Crippen LogP) is 3.10. The van der Waals surface area contributed by atoms with Gasteiger partial charge in [0.15, 0.2) is 11.3 Å². The Balaban J connectivity index is 1.56. The van der Waals surface area contributed by atoms with Crippen LogP contribution in [-0.2, 0) is 12.7 Å². The minimum absolute atomic E-state index is 0.0144. The zero-order valence-electron chi connectivity index (χ0n) is 21.2. The van der Waals surface area contributed by atoms with E-state index < -0.39 is 30.5 Å². The van der Waals surface area contributed by atoms with E-state index >= 15 is 0 Å². The third-order valence-corrected chi connectivity index (χ3v) is 6.59. The molecule has 1 N–H and O–H groups in total. The number of nitrogens with zero attached hydrogens (tertiary/aromatic N) is 8. The second kappa shape index (κ2) is 10.9. The first-order valence-electron chi connectivity index (χ1n) is 12.2. The molecule has 0 radical (unpaired) electrons. The van der Waals surface area contributed by atoms with Crippen LogP contribution in [0.1, 0.15) is 27.3 Å². The number of aromatic nitrogens is 5. The number of amides is 1. The number of anilines is 1. The van der Waals surface area contributed by atoms with Crippen molar-refractivity contribution in [2.45, 2.75) is 18.8 Å². The first-order valence-corrected chi connectivity index (χ1v) is 12.2. The number of fused-ring (bicyclic) bond motifs is 1. The molecule has 3 aromatic heterocycles. The molecule has 0 aliphatic carbocycles. The van der Waals surface area contributed by atoms with Gasteiger partial charge in [0.05, 0.1) is 28.9 Å². The molecule has 1 aliphatic heterocycles. The summed E-state index contributed by atoms with van der Waals surface area (Å²) < 4.78 is 56.4. The standard InChI is InChI=1S/C26H23F4N9O/c1-37-6-7-38(18(10-27)14-37)23-9-21(25(40)33-12-17-4-2-16(11-31)3-5-17)35-22-8-20(36-39(22)23)19-13-32-15-34-24(19)26(28,29)30/h2-5,8-9,13,15,18H,6-7,10,12,14H2,1H3,(H,33,40)/t18-/m1/s1. The Morgan fingerprint density at radius 1 is 1.20 bits per heavy atom. The Morgan fingerprint density at radius 2 is 1.98 bits per heavy atom. The van der Waals surface area contributed by atoms with Gasteiger partial charge in [0, 0.05) is 44.5 Å². The van der Waals surface area contributed by atoms with Crippen molar-refractivity contribution in [3.05, 3.63) is 71.4 Å². The monoisotopic (exact) mass is 553 g/mol. The lowest BCUT2D eigenvalue weighted by atomic mass is 10.1. The molecule has 0 saturated carbocycles. The molecule has 10 nitrogen and oxygen atoms in total. The van der Waals surface area contributed by atoms with Gasteiger partial charge in [0.25, 0.3) is 5.91 Å². The molecular formula is C26H23F4N9O. The quantitative estimate of drug-likeness (QED) is 0.363. The summed E-state index contributed by atoms with van der Waals surface area (Å²) in [6.45, 7) is 0.856. The van der Waals surface area contributed by atoms with Crippen molar-refractivity contribution in [3.63, 3.8) is 0 Å². The minimum atomic E-state index is -4.75. The molecule has 0 bridgehead atoms. The lowest BCUT2D eigenvalue weighted by Gasteiger charge is -2.40. The van der Waals surface area contributed by atoms with Gasteiger partial charge in [-0.15, -0.1) is 0 Å². The number of benzene rings is 1. The van der Waals surface area contributed by atoms with E-state index in [9.17, 15) is 22.4 Å². The average molecular weight is 554 g/mol. The molecule has 1 aliphatic rings. The van der Waals surface area contributed by atoms with Crippen molar-refractivity contribution < 1.29 is 22.4 Å². The largest absolute Gasteiger partial charge is 0.434 e. The number of hydrogen-bond acceptors (Lipinski definition) is 8. The van der Waals surface area contributed by atoms with Crippen LogP contribution in [0.5, 0.6) is 0 Å². The zero-order chi connectivity index (χ0) is 28.4. The Morgan fingerprint density at radius 3 is 2.67 bits per heavy atom. The molecule has 0 spiro atoms. The molecule has 1 aromatic carbocycles. The molecule has 40 heavy (non-hydrogen) atoms. The number of carbonyl (C=O) groups is 1. The summed E-state index contributed by atoms with van der Waals surface area (Å²) in [6, 6.07) is 10.9. The lowest BCUT2D eigenvalue weighted by molar-refractivity contribution is -0.140. The maximum Gasteiger partial charge on any atom is 0.434 e. The van der Waals surface area contributed by atoms with Crippen LogP contribution in [0.2, 0.25) is 0 Å². The fraction of sp³-hybridized carbons (Fsp3) is 0.308. The number of likely N-dealkylation sites (N-methyl/N-ethyl adjacent to an activating group) is 1. The first-order chi connectivity index (χ1) is 19.2. The highest BCUT2D eigenvalue weighted by molar-refractivity contribution is 5.93. The van der Waals surface area contributed by atoms with Crippen molar-refractivity contribution >= 4 is 17.4 Å². The van der Waals surface area contributed by atoms with Crippen LogP contribution in [0, 0.1) is 11.3 Å². The fourth-order valence-electron chi connectivity index (χ4n) is 4.57. The van der Waals surface area contributed by atoms with Gasteiger partial charge >= 0.3 is 6.18 Å². The van der Waals surface area contributed by atoms with Gasteiger partial charge in [-0.3, -0.25) is 4.79 Å². The van der Waals surface area contributed by atoms with Crippen LogP contribution in [0.15, 0.2) is 48.9 Å². The second-order valence-electron chi connectivity index (χ2n) is 9.34. The van der Waals surface area contributed by atoms with Crippen molar-refractivity contribution in [2.75, 3.05) is 38.3 Å². The van der Waals surface area contributed by atoms with Crippen LogP contribution >= 0.6 is 0 Å². The van der Waals surface area contributed by atoms with Crippen molar-refractivity contribution in [2.24, 2.45) is 0 Å². The Bertz CT molecular complexity index is 1580. The number of alkyl halides is 4. The molecule has 206 valence electrons. The fourth-order valence-corrected chi connectivity index (χ4v) is 4.57. The van der Waals surface area contributed by atoms with Gasteiger partial charge in [0.2, 0.25) is 0 Å². The normalized spacial score (nSPS) is 16.2. The summed E-state index contributed by atoms with van der Waals surface area (Å²) in [4.78, 5) is 28.4. The van der Waals surface area contributed by atoms with Crippen LogP contribution in [0.4, 0.5) is 23.4 Å². The number of piperazine rings is 1. The van der Waals surface area contributed by atoms with Crippen LogP contribution in [-0.4, -0.2) is 74.8 Å². The number of halogens is 4. The topological polar surface area (TPSA) is 115 Å². The van der Waals surface area contributed by atoms with E-state index in [0.717, 1.165) is 18.1 Å². The molecule has 4 aromatic rings. The highest BCUT2D eigenvalue weighted by Gasteiger charge is 2.37. The SMILES string of the molecule is CN1CCN(c2cc(C(=O)NCc3ccc(C#N)cc3)nc3cc(-c4cncnc4C(F)(F)F)nn23)[C@H](CF)C1. The molecule has 1 saturated heterocycles. The summed E-state index contributed by atoms with van der Waals surface area (Å²) in [5, 5.41) is 16.1. The maximum absolute atomic E-state index is 14.1. The molecule has 1 amide bonds. The summed E-state index contributed by atoms with van der Waals surface area (Å²) in [5.41, 5.74) is -0.282. The number of rotatable bonds is 6. The number of nitrogens with one attached hydrogen (secondary N) is 1. The molecule has 5 rings (SSSR count). The molecule has 14 heteroatoms. The smallest absolute Gasteiger partial charge is 0.348 e. The van der Waals surface area contributed by atoms with Gasteiger partial charge in [-0.2, -0.15) is 28.0 Å². The summed E-state index contributed by atoms with van der Waals surface area (Å²) in [7, 11) is 1.87. The van der Waals surface area contributed by atoms with E-state index in [1.807, 2.05) is 18.0 Å². The second-order valence-corrected chi connectivity index (χ2v) is 9.34. The van der Waals surface area contributed by atoms with Crippen LogP contribution in [0.25, 0.3) is 16.9 Å². The molecule has 4 heterocycles. The molecule has 0 unspecified atom stereocenters. The first kappa shape index (κ1) is 26.9. The van der Waals surface area contributed by atoms with Gasteiger partial charge in [-0.05, 0) is 24.7 Å². The van der Waals surface area contributed by atoms with E-state index in [-0.39, 0.29) is 29.1 Å². The van der Waals surface area contributed by atoms with Crippen molar-refractivity contribution in [1.29, 1.82) is 5.26 Å². The molecule has 1 fully saturated rings. The lowest BCUT2D eigenvalue weighted by Crippen LogP contribution is -2.53. The third kappa shape index (κ3) is 5.41. The Hall–Kier alpha value is -4.64. The Kier molecular flexibility index (Phi) is 7.31. The summed E-state index contributed by atoms with van der Waals surface area (Å²) in [6.07, 6.45) is -2.93. The molecular weight excluding hydrogens is 530 g/mol. The average Bonchev–Trinajstić information content (AvgIpc) is 3.39. The van der Waals surface area contributed by atoms with Crippen molar-refractivity contribution in [1.82, 2.24) is 34.8 Å².